The van der Waals surface area contributed by atoms with E-state index in [1.165, 1.54) is 25.1 Å². The Balaban J connectivity index is 2.09. The van der Waals surface area contributed by atoms with Gasteiger partial charge in [0, 0.05) is 5.69 Å². The van der Waals surface area contributed by atoms with E-state index in [9.17, 15) is 19.8 Å². The van der Waals surface area contributed by atoms with E-state index < -0.39 is 48.5 Å². The number of likely N-dealkylation sites (N-methyl/N-ethyl adjacent to an activating group) is 1. The number of carbonyl (C=O) groups is 2. The fourth-order valence-corrected chi connectivity index (χ4v) is 3.08. The Kier molecular flexibility index (Phi) is 7.19. The van der Waals surface area contributed by atoms with E-state index in [0.717, 1.165) is 0 Å². The number of anilines is 1. The van der Waals surface area contributed by atoms with Gasteiger partial charge in [-0.05, 0) is 39.1 Å². The first-order valence-electron chi connectivity index (χ1n) is 8.80. The summed E-state index contributed by atoms with van der Waals surface area (Å²) < 4.78 is 16.4. The third-order valence-corrected chi connectivity index (χ3v) is 4.63. The van der Waals surface area contributed by atoms with Crippen LogP contribution in [-0.2, 0) is 19.0 Å². The molecule has 0 spiro atoms. The zero-order valence-corrected chi connectivity index (χ0v) is 15.9. The summed E-state index contributed by atoms with van der Waals surface area (Å²) in [5.74, 6) is -2.29. The highest BCUT2D eigenvalue weighted by Crippen LogP contribution is 2.26. The molecule has 1 aliphatic rings. The summed E-state index contributed by atoms with van der Waals surface area (Å²) in [6, 6.07) is 3.51. The number of benzene rings is 1. The summed E-state index contributed by atoms with van der Waals surface area (Å²) in [6.45, 7) is 2.77. The quantitative estimate of drug-likeness (QED) is 0.235. The van der Waals surface area contributed by atoms with E-state index in [2.05, 4.69) is 5.32 Å². The molecule has 0 amide bonds. The molecule has 1 aromatic rings. The van der Waals surface area contributed by atoms with Crippen molar-refractivity contribution in [2.75, 3.05) is 19.4 Å². The standard InChI is InChI=1S/C18H26N2O8/c1-8-14(20-3)16(28-9(2)17(23)24)15(22)13(27-8)7-26-18(25)11-6-10(19)4-5-12(11)21/h4-6,8-9,13-16,20-22H,7,19H2,1-3H3,(H,23,24)/t8-,9?,13?,14?,15-,16+/m1/s1. The number of aromatic hydroxyl groups is 1. The minimum atomic E-state index is -1.25. The topological polar surface area (TPSA) is 161 Å². The fourth-order valence-electron chi connectivity index (χ4n) is 3.08. The molecule has 0 aromatic heterocycles. The van der Waals surface area contributed by atoms with E-state index in [4.69, 9.17) is 25.1 Å². The molecule has 10 nitrogen and oxygen atoms in total. The molecular weight excluding hydrogens is 372 g/mol. The number of aliphatic hydroxyl groups excluding tert-OH is 1. The van der Waals surface area contributed by atoms with Crippen molar-refractivity contribution in [1.29, 1.82) is 0 Å². The smallest absolute Gasteiger partial charge is 0.342 e. The van der Waals surface area contributed by atoms with E-state index in [1.807, 2.05) is 0 Å². The lowest BCUT2D eigenvalue weighted by molar-refractivity contribution is -0.215. The Morgan fingerprint density at radius 1 is 1.39 bits per heavy atom. The van der Waals surface area contributed by atoms with Gasteiger partial charge in [0.05, 0.1) is 12.1 Å². The predicted octanol–water partition coefficient (Wildman–Crippen LogP) is -0.274. The lowest BCUT2D eigenvalue weighted by atomic mass is 9.93. The third kappa shape index (κ3) is 4.90. The van der Waals surface area contributed by atoms with Crippen molar-refractivity contribution < 1.29 is 39.1 Å². The number of carboxylic acids is 1. The Labute approximate surface area is 162 Å². The lowest BCUT2D eigenvalue weighted by Crippen LogP contribution is -2.63. The van der Waals surface area contributed by atoms with Crippen LogP contribution in [0.2, 0.25) is 0 Å². The highest BCUT2D eigenvalue weighted by atomic mass is 16.6. The molecule has 0 radical (unpaired) electrons. The highest BCUT2D eigenvalue weighted by molar-refractivity contribution is 5.93. The largest absolute Gasteiger partial charge is 0.507 e. The van der Waals surface area contributed by atoms with Crippen LogP contribution in [-0.4, -0.2) is 77.5 Å². The van der Waals surface area contributed by atoms with Crippen molar-refractivity contribution in [3.63, 3.8) is 0 Å². The number of esters is 1. The van der Waals surface area contributed by atoms with Crippen molar-refractivity contribution in [1.82, 2.24) is 5.32 Å². The number of phenols is 1. The molecule has 1 fully saturated rings. The molecule has 6 atom stereocenters. The molecular formula is C18H26N2O8. The molecule has 3 unspecified atom stereocenters. The number of hydrogen-bond donors (Lipinski definition) is 5. The van der Waals surface area contributed by atoms with E-state index >= 15 is 0 Å². The number of aliphatic hydroxyl groups is 1. The van der Waals surface area contributed by atoms with Gasteiger partial charge in [0.2, 0.25) is 0 Å². The summed E-state index contributed by atoms with van der Waals surface area (Å²) in [6.07, 6.45) is -4.70. The number of hydrogen-bond acceptors (Lipinski definition) is 9. The van der Waals surface area contributed by atoms with Crippen LogP contribution in [0.3, 0.4) is 0 Å². The summed E-state index contributed by atoms with van der Waals surface area (Å²) in [7, 11) is 1.64. The van der Waals surface area contributed by atoms with Gasteiger partial charge in [0.15, 0.2) is 6.10 Å². The number of nitrogens with two attached hydrogens (primary N) is 1. The molecule has 1 saturated heterocycles. The van der Waals surface area contributed by atoms with E-state index in [-0.39, 0.29) is 23.6 Å². The number of phenolic OH excluding ortho intramolecular Hbond substituents is 1. The first-order chi connectivity index (χ1) is 13.1. The second-order valence-corrected chi connectivity index (χ2v) is 6.64. The lowest BCUT2D eigenvalue weighted by Gasteiger charge is -2.44. The number of rotatable bonds is 7. The molecule has 0 bridgehead atoms. The Bertz CT molecular complexity index is 713. The monoisotopic (exact) mass is 398 g/mol. The summed E-state index contributed by atoms with van der Waals surface area (Å²) in [5, 5.41) is 32.4. The summed E-state index contributed by atoms with van der Waals surface area (Å²) >= 11 is 0. The van der Waals surface area contributed by atoms with Crippen molar-refractivity contribution in [3.8, 4) is 5.75 Å². The van der Waals surface area contributed by atoms with Crippen LogP contribution in [0, 0.1) is 0 Å². The van der Waals surface area contributed by atoms with Gasteiger partial charge in [-0.3, -0.25) is 0 Å². The molecule has 0 aliphatic carbocycles. The van der Waals surface area contributed by atoms with Crippen molar-refractivity contribution in [3.05, 3.63) is 23.8 Å². The maximum atomic E-state index is 12.2. The summed E-state index contributed by atoms with van der Waals surface area (Å²) in [5.41, 5.74) is 5.77. The van der Waals surface area contributed by atoms with Gasteiger partial charge in [-0.2, -0.15) is 0 Å². The third-order valence-electron chi connectivity index (χ3n) is 4.63. The molecule has 1 aromatic carbocycles. The zero-order valence-electron chi connectivity index (χ0n) is 15.9. The molecule has 156 valence electrons. The number of carboxylic acid groups (broad SMARTS) is 1. The second kappa shape index (κ2) is 9.20. The molecule has 28 heavy (non-hydrogen) atoms. The number of nitrogens with one attached hydrogen (secondary N) is 1. The molecule has 1 heterocycles. The second-order valence-electron chi connectivity index (χ2n) is 6.64. The average molecular weight is 398 g/mol. The van der Waals surface area contributed by atoms with Crippen LogP contribution in [0.25, 0.3) is 0 Å². The normalized spacial score (nSPS) is 28.5. The fraction of sp³-hybridized carbons (Fsp3) is 0.556. The zero-order chi connectivity index (χ0) is 21.0. The van der Waals surface area contributed by atoms with Gasteiger partial charge in [-0.25, -0.2) is 9.59 Å². The minimum Gasteiger partial charge on any atom is -0.507 e. The van der Waals surface area contributed by atoms with Crippen molar-refractivity contribution >= 4 is 17.6 Å². The van der Waals surface area contributed by atoms with Gasteiger partial charge >= 0.3 is 11.9 Å². The van der Waals surface area contributed by atoms with E-state index in [1.54, 1.807) is 14.0 Å². The number of carbonyl (C=O) groups excluding carboxylic acids is 1. The molecule has 6 N–H and O–H groups in total. The Hall–Kier alpha value is -2.40. The Morgan fingerprint density at radius 3 is 2.68 bits per heavy atom. The highest BCUT2D eigenvalue weighted by Gasteiger charge is 2.45. The summed E-state index contributed by atoms with van der Waals surface area (Å²) in [4.78, 5) is 23.3. The van der Waals surface area contributed by atoms with Gasteiger partial charge in [0.25, 0.3) is 0 Å². The van der Waals surface area contributed by atoms with Crippen LogP contribution in [0.5, 0.6) is 5.75 Å². The van der Waals surface area contributed by atoms with Crippen LogP contribution < -0.4 is 11.1 Å². The first-order valence-corrected chi connectivity index (χ1v) is 8.80. The van der Waals surface area contributed by atoms with Gasteiger partial charge in [-0.1, -0.05) is 0 Å². The molecule has 1 aliphatic heterocycles. The van der Waals surface area contributed by atoms with Gasteiger partial charge < -0.3 is 40.6 Å². The molecule has 0 saturated carbocycles. The van der Waals surface area contributed by atoms with Crippen LogP contribution in [0.1, 0.15) is 24.2 Å². The van der Waals surface area contributed by atoms with E-state index in [0.29, 0.717) is 0 Å². The maximum absolute atomic E-state index is 12.2. The predicted molar refractivity (Wildman–Crippen MR) is 98.0 cm³/mol. The average Bonchev–Trinajstić information content (AvgIpc) is 2.64. The molecule has 2 rings (SSSR count). The number of nitrogen functional groups attached to an aromatic ring is 1. The Morgan fingerprint density at radius 2 is 2.07 bits per heavy atom. The maximum Gasteiger partial charge on any atom is 0.342 e. The van der Waals surface area contributed by atoms with Crippen LogP contribution in [0.15, 0.2) is 18.2 Å². The SMILES string of the molecule is CNC1[C@@H](C)OC(COC(=O)c2cc(N)ccc2O)[C@@H](O)[C@H]1OC(C)C(=O)O. The van der Waals surface area contributed by atoms with Gasteiger partial charge in [0.1, 0.15) is 36.2 Å². The first kappa shape index (κ1) is 21.9. The minimum absolute atomic E-state index is 0.112. The number of aliphatic carboxylic acids is 1. The van der Waals surface area contributed by atoms with Gasteiger partial charge in [-0.15, -0.1) is 0 Å². The van der Waals surface area contributed by atoms with Crippen molar-refractivity contribution in [2.45, 2.75) is 50.4 Å². The van der Waals surface area contributed by atoms with Crippen LogP contribution in [0.4, 0.5) is 5.69 Å². The van der Waals surface area contributed by atoms with Crippen LogP contribution >= 0.6 is 0 Å². The number of ether oxygens (including phenoxy) is 3. The van der Waals surface area contributed by atoms with Crippen molar-refractivity contribution in [2.24, 2.45) is 0 Å². The molecule has 10 heteroatoms.